The van der Waals surface area contributed by atoms with Gasteiger partial charge in [0.2, 0.25) is 0 Å². The van der Waals surface area contributed by atoms with Gasteiger partial charge in [0.15, 0.2) is 0 Å². The molecule has 240 valence electrons. The molecule has 2 heterocycles. The summed E-state index contributed by atoms with van der Waals surface area (Å²) in [6.07, 6.45) is 0. The van der Waals surface area contributed by atoms with Crippen LogP contribution in [0.5, 0.6) is 0 Å². The van der Waals surface area contributed by atoms with Crippen molar-refractivity contribution in [1.29, 1.82) is 0 Å². The smallest absolute Gasteiger partial charge is 0.143 e. The van der Waals surface area contributed by atoms with Crippen LogP contribution in [-0.2, 0) is 0 Å². The minimum atomic E-state index is 0.897. The standard InChI is InChI=1S/C48H31NOS/c1-3-12-32(13-4-1)33-22-24-35(25-23-33)49(37-27-29-47-44(31-37)40-17-8-10-21-46(40)51-47)36-26-28-38(34-14-5-2-6-15-34)43(30-36)42-19-11-18-41-39-16-7-9-20-45(39)50-48(41)42/h1-31H. The molecule has 0 aliphatic rings. The van der Waals surface area contributed by atoms with Crippen LogP contribution in [0.25, 0.3) is 75.5 Å². The first kappa shape index (κ1) is 29.5. The summed E-state index contributed by atoms with van der Waals surface area (Å²) in [7, 11) is 0. The maximum Gasteiger partial charge on any atom is 0.143 e. The number of anilines is 3. The number of furan rings is 1. The molecule has 8 aromatic carbocycles. The SMILES string of the molecule is c1ccc(-c2ccc(N(c3ccc(-c4ccccc4)c(-c4cccc5c4oc4ccccc45)c3)c3ccc4sc5ccccc5c4c3)cc2)cc1. The summed E-state index contributed by atoms with van der Waals surface area (Å²) in [5, 5.41) is 4.81. The van der Waals surface area contributed by atoms with E-state index in [1.54, 1.807) is 0 Å². The lowest BCUT2D eigenvalue weighted by Crippen LogP contribution is -2.10. The first-order valence-electron chi connectivity index (χ1n) is 17.3. The fourth-order valence-electron chi connectivity index (χ4n) is 7.46. The number of benzene rings is 8. The number of hydrogen-bond donors (Lipinski definition) is 0. The number of rotatable bonds is 6. The molecule has 0 radical (unpaired) electrons. The van der Waals surface area contributed by atoms with Crippen molar-refractivity contribution in [2.75, 3.05) is 4.90 Å². The third-order valence-corrected chi connectivity index (χ3v) is 11.0. The highest BCUT2D eigenvalue weighted by Crippen LogP contribution is 2.45. The molecule has 0 saturated heterocycles. The molecular weight excluding hydrogens is 639 g/mol. The molecule has 0 N–H and O–H groups in total. The Bertz CT molecular complexity index is 2850. The predicted molar refractivity (Wildman–Crippen MR) is 218 cm³/mol. The fourth-order valence-corrected chi connectivity index (χ4v) is 8.54. The highest BCUT2D eigenvalue weighted by atomic mass is 32.1. The topological polar surface area (TPSA) is 16.4 Å². The second-order valence-corrected chi connectivity index (χ2v) is 14.0. The van der Waals surface area contributed by atoms with E-state index >= 15 is 0 Å². The van der Waals surface area contributed by atoms with Crippen LogP contribution in [0.1, 0.15) is 0 Å². The van der Waals surface area contributed by atoms with E-state index in [1.165, 1.54) is 31.3 Å². The quantitative estimate of drug-likeness (QED) is 0.175. The summed E-state index contributed by atoms with van der Waals surface area (Å²) < 4.78 is 9.21. The molecule has 0 aliphatic heterocycles. The molecule has 3 heteroatoms. The Kier molecular flexibility index (Phi) is 7.04. The summed E-state index contributed by atoms with van der Waals surface area (Å²) in [5.41, 5.74) is 12.0. The second kappa shape index (κ2) is 12.2. The van der Waals surface area contributed by atoms with Gasteiger partial charge in [0.1, 0.15) is 11.2 Å². The molecule has 2 aromatic heterocycles. The van der Waals surface area contributed by atoms with Gasteiger partial charge < -0.3 is 9.32 Å². The minimum Gasteiger partial charge on any atom is -0.455 e. The normalized spacial score (nSPS) is 11.5. The van der Waals surface area contributed by atoms with Crippen LogP contribution in [0.3, 0.4) is 0 Å². The van der Waals surface area contributed by atoms with Crippen molar-refractivity contribution < 1.29 is 4.42 Å². The lowest BCUT2D eigenvalue weighted by atomic mass is 9.92. The highest BCUT2D eigenvalue weighted by Gasteiger charge is 2.20. The average molecular weight is 670 g/mol. The zero-order valence-electron chi connectivity index (χ0n) is 27.7. The first-order chi connectivity index (χ1) is 25.3. The summed E-state index contributed by atoms with van der Waals surface area (Å²) in [6.45, 7) is 0. The van der Waals surface area contributed by atoms with Gasteiger partial charge in [0.05, 0.1) is 0 Å². The van der Waals surface area contributed by atoms with Crippen molar-refractivity contribution in [3.8, 4) is 33.4 Å². The van der Waals surface area contributed by atoms with Gasteiger partial charge in [-0.25, -0.2) is 0 Å². The molecule has 0 fully saturated rings. The van der Waals surface area contributed by atoms with E-state index in [2.05, 4.69) is 187 Å². The number of nitrogens with zero attached hydrogens (tertiary/aromatic N) is 1. The van der Waals surface area contributed by atoms with Crippen LogP contribution >= 0.6 is 11.3 Å². The molecule has 0 amide bonds. The Balaban J connectivity index is 1.21. The van der Waals surface area contributed by atoms with Crippen molar-refractivity contribution in [3.05, 3.63) is 188 Å². The maximum atomic E-state index is 6.62. The third kappa shape index (κ3) is 5.10. The Hall–Kier alpha value is -6.42. The molecule has 0 saturated carbocycles. The molecular formula is C48H31NOS. The van der Waals surface area contributed by atoms with Crippen molar-refractivity contribution >= 4 is 70.5 Å². The third-order valence-electron chi connectivity index (χ3n) is 9.89. The van der Waals surface area contributed by atoms with Gasteiger partial charge in [-0.05, 0) is 82.4 Å². The highest BCUT2D eigenvalue weighted by molar-refractivity contribution is 7.25. The lowest BCUT2D eigenvalue weighted by Gasteiger charge is -2.27. The molecule has 0 atom stereocenters. The van der Waals surface area contributed by atoms with Gasteiger partial charge in [-0.1, -0.05) is 133 Å². The van der Waals surface area contributed by atoms with Crippen molar-refractivity contribution in [1.82, 2.24) is 0 Å². The Morgan fingerprint density at radius 1 is 0.353 bits per heavy atom. The molecule has 0 spiro atoms. The maximum absolute atomic E-state index is 6.62. The number of hydrogen-bond acceptors (Lipinski definition) is 3. The van der Waals surface area contributed by atoms with E-state index in [9.17, 15) is 0 Å². The molecule has 0 unspecified atom stereocenters. The molecule has 0 bridgehead atoms. The summed E-state index contributed by atoms with van der Waals surface area (Å²) in [5.74, 6) is 0. The van der Waals surface area contributed by atoms with Gasteiger partial charge in [-0.15, -0.1) is 11.3 Å². The Labute approximate surface area is 300 Å². The summed E-state index contributed by atoms with van der Waals surface area (Å²) in [4.78, 5) is 2.39. The van der Waals surface area contributed by atoms with E-state index < -0.39 is 0 Å². The van der Waals surface area contributed by atoms with Gasteiger partial charge in [0.25, 0.3) is 0 Å². The minimum absolute atomic E-state index is 0.897. The van der Waals surface area contributed by atoms with Gasteiger partial charge in [0, 0.05) is 53.6 Å². The Morgan fingerprint density at radius 3 is 1.78 bits per heavy atom. The van der Waals surface area contributed by atoms with Crippen LogP contribution in [0, 0.1) is 0 Å². The van der Waals surface area contributed by atoms with Gasteiger partial charge >= 0.3 is 0 Å². The second-order valence-electron chi connectivity index (χ2n) is 12.9. The van der Waals surface area contributed by atoms with Crippen molar-refractivity contribution in [3.63, 3.8) is 0 Å². The number of thiophene rings is 1. The average Bonchev–Trinajstić information content (AvgIpc) is 3.77. The van der Waals surface area contributed by atoms with Crippen LogP contribution in [0.4, 0.5) is 17.1 Å². The van der Waals surface area contributed by atoms with E-state index in [-0.39, 0.29) is 0 Å². The summed E-state index contributed by atoms with van der Waals surface area (Å²) in [6, 6.07) is 67.4. The van der Waals surface area contributed by atoms with E-state index in [0.717, 1.165) is 61.3 Å². The number of para-hydroxylation sites is 2. The zero-order chi connectivity index (χ0) is 33.7. The van der Waals surface area contributed by atoms with E-state index in [0.29, 0.717) is 0 Å². The lowest BCUT2D eigenvalue weighted by molar-refractivity contribution is 0.670. The van der Waals surface area contributed by atoms with Gasteiger partial charge in [-0.2, -0.15) is 0 Å². The first-order valence-corrected chi connectivity index (χ1v) is 18.1. The largest absolute Gasteiger partial charge is 0.455 e. The Morgan fingerprint density at radius 2 is 0.961 bits per heavy atom. The molecule has 51 heavy (non-hydrogen) atoms. The predicted octanol–water partition coefficient (Wildman–Crippen LogP) is 14.4. The van der Waals surface area contributed by atoms with Crippen LogP contribution < -0.4 is 4.90 Å². The van der Waals surface area contributed by atoms with Crippen molar-refractivity contribution in [2.45, 2.75) is 0 Å². The fraction of sp³-hybridized carbons (Fsp3) is 0. The zero-order valence-corrected chi connectivity index (χ0v) is 28.5. The molecule has 10 rings (SSSR count). The van der Waals surface area contributed by atoms with Crippen LogP contribution in [0.2, 0.25) is 0 Å². The number of fused-ring (bicyclic) bond motifs is 6. The van der Waals surface area contributed by atoms with E-state index in [4.69, 9.17) is 4.42 Å². The summed E-state index contributed by atoms with van der Waals surface area (Å²) >= 11 is 1.85. The molecule has 0 aliphatic carbocycles. The van der Waals surface area contributed by atoms with Gasteiger partial charge in [-0.3, -0.25) is 0 Å². The monoisotopic (exact) mass is 669 g/mol. The molecule has 10 aromatic rings. The van der Waals surface area contributed by atoms with Crippen LogP contribution in [0.15, 0.2) is 192 Å². The van der Waals surface area contributed by atoms with Crippen LogP contribution in [-0.4, -0.2) is 0 Å². The van der Waals surface area contributed by atoms with E-state index in [1.807, 2.05) is 17.4 Å². The molecule has 2 nitrogen and oxygen atoms in total. The van der Waals surface area contributed by atoms with Crippen molar-refractivity contribution in [2.24, 2.45) is 0 Å².